The van der Waals surface area contributed by atoms with Crippen LogP contribution in [0.2, 0.25) is 0 Å². The molecule has 1 aromatic rings. The average Bonchev–Trinajstić information content (AvgIpc) is 2.77. The fraction of sp³-hybridized carbons (Fsp3) is 0.500. The summed E-state index contributed by atoms with van der Waals surface area (Å²) in [4.78, 5) is 0. The van der Waals surface area contributed by atoms with Crippen LogP contribution in [0, 0.1) is 5.92 Å². The fourth-order valence-corrected chi connectivity index (χ4v) is 1.88. The lowest BCUT2D eigenvalue weighted by Crippen LogP contribution is -2.22. The average molecular weight is 223 g/mol. The summed E-state index contributed by atoms with van der Waals surface area (Å²) < 4.78 is 5.27. The highest BCUT2D eigenvalue weighted by Gasteiger charge is 2.15. The van der Waals surface area contributed by atoms with Crippen molar-refractivity contribution < 1.29 is 14.9 Å². The van der Waals surface area contributed by atoms with Gasteiger partial charge in [0.1, 0.15) is 0 Å². The third kappa shape index (κ3) is 2.65. The molecule has 1 unspecified atom stereocenters. The lowest BCUT2D eigenvalue weighted by Gasteiger charge is -2.10. The van der Waals surface area contributed by atoms with Gasteiger partial charge in [0.25, 0.3) is 0 Å². The van der Waals surface area contributed by atoms with Gasteiger partial charge in [-0.1, -0.05) is 12.1 Å². The van der Waals surface area contributed by atoms with Crippen molar-refractivity contribution in [2.24, 2.45) is 5.92 Å². The number of rotatable bonds is 4. The predicted octanol–water partition coefficient (Wildman–Crippen LogP) is 1.22. The van der Waals surface area contributed by atoms with Crippen LogP contribution in [-0.2, 0) is 11.3 Å². The van der Waals surface area contributed by atoms with Crippen molar-refractivity contribution in [2.45, 2.75) is 13.0 Å². The number of ether oxygens (including phenoxy) is 1. The largest absolute Gasteiger partial charge is 0.504 e. The van der Waals surface area contributed by atoms with E-state index >= 15 is 0 Å². The Balaban J connectivity index is 1.82. The molecule has 1 heterocycles. The van der Waals surface area contributed by atoms with Gasteiger partial charge in [-0.25, -0.2) is 0 Å². The monoisotopic (exact) mass is 223 g/mol. The minimum absolute atomic E-state index is 0.0299. The molecule has 0 radical (unpaired) electrons. The first-order valence-corrected chi connectivity index (χ1v) is 5.55. The van der Waals surface area contributed by atoms with Crippen molar-refractivity contribution in [3.05, 3.63) is 23.8 Å². The Labute approximate surface area is 94.9 Å². The van der Waals surface area contributed by atoms with Gasteiger partial charge < -0.3 is 20.3 Å². The van der Waals surface area contributed by atoms with Gasteiger partial charge in [0, 0.05) is 25.3 Å². The molecule has 3 N–H and O–H groups in total. The van der Waals surface area contributed by atoms with Crippen LogP contribution in [0.1, 0.15) is 12.0 Å². The lowest BCUT2D eigenvalue weighted by molar-refractivity contribution is 0.185. The predicted molar refractivity (Wildman–Crippen MR) is 60.4 cm³/mol. The molecule has 0 spiro atoms. The summed E-state index contributed by atoms with van der Waals surface area (Å²) in [5.74, 6) is 0.473. The minimum atomic E-state index is -0.0662. The van der Waals surface area contributed by atoms with Crippen LogP contribution >= 0.6 is 0 Å². The molecular weight excluding hydrogens is 206 g/mol. The molecule has 1 aromatic carbocycles. The molecule has 2 rings (SSSR count). The lowest BCUT2D eigenvalue weighted by atomic mass is 10.1. The highest BCUT2D eigenvalue weighted by molar-refractivity contribution is 5.44. The van der Waals surface area contributed by atoms with Gasteiger partial charge in [-0.15, -0.1) is 0 Å². The molecule has 4 heteroatoms. The second-order valence-corrected chi connectivity index (χ2v) is 4.15. The molecule has 1 fully saturated rings. The van der Waals surface area contributed by atoms with Crippen LogP contribution in [0.25, 0.3) is 0 Å². The zero-order chi connectivity index (χ0) is 11.4. The molecule has 16 heavy (non-hydrogen) atoms. The molecule has 1 saturated heterocycles. The molecule has 0 bridgehead atoms. The number of nitrogens with one attached hydrogen (secondary N) is 1. The van der Waals surface area contributed by atoms with E-state index in [9.17, 15) is 10.2 Å². The molecule has 1 aliphatic rings. The van der Waals surface area contributed by atoms with Crippen LogP contribution in [0.3, 0.4) is 0 Å². The van der Waals surface area contributed by atoms with E-state index in [0.717, 1.165) is 31.7 Å². The van der Waals surface area contributed by atoms with E-state index in [2.05, 4.69) is 5.32 Å². The van der Waals surface area contributed by atoms with Gasteiger partial charge in [-0.05, 0) is 18.4 Å². The number of phenolic OH excluding ortho intramolecular Hbond substituents is 2. The van der Waals surface area contributed by atoms with E-state index in [1.54, 1.807) is 12.1 Å². The van der Waals surface area contributed by atoms with Crippen LogP contribution in [0.4, 0.5) is 0 Å². The maximum absolute atomic E-state index is 9.57. The Morgan fingerprint density at radius 3 is 3.00 bits per heavy atom. The Morgan fingerprint density at radius 1 is 1.38 bits per heavy atom. The van der Waals surface area contributed by atoms with Crippen molar-refractivity contribution in [3.8, 4) is 11.5 Å². The van der Waals surface area contributed by atoms with E-state index in [-0.39, 0.29) is 11.5 Å². The zero-order valence-electron chi connectivity index (χ0n) is 9.15. The van der Waals surface area contributed by atoms with E-state index in [0.29, 0.717) is 12.5 Å². The highest BCUT2D eigenvalue weighted by Crippen LogP contribution is 2.27. The molecule has 0 aromatic heterocycles. The second-order valence-electron chi connectivity index (χ2n) is 4.15. The summed E-state index contributed by atoms with van der Waals surface area (Å²) in [5, 5.41) is 22.1. The summed E-state index contributed by atoms with van der Waals surface area (Å²) in [5.41, 5.74) is 0.721. The summed E-state index contributed by atoms with van der Waals surface area (Å²) in [7, 11) is 0. The van der Waals surface area contributed by atoms with Gasteiger partial charge in [-0.3, -0.25) is 0 Å². The first-order chi connectivity index (χ1) is 7.77. The highest BCUT2D eigenvalue weighted by atomic mass is 16.5. The molecule has 0 aliphatic carbocycles. The Bertz CT molecular complexity index is 348. The van der Waals surface area contributed by atoms with Crippen LogP contribution < -0.4 is 5.32 Å². The Hall–Kier alpha value is -1.26. The molecule has 1 aliphatic heterocycles. The van der Waals surface area contributed by atoms with Gasteiger partial charge in [0.2, 0.25) is 0 Å². The third-order valence-electron chi connectivity index (χ3n) is 2.87. The molecular formula is C12H17NO3. The van der Waals surface area contributed by atoms with Crippen molar-refractivity contribution >= 4 is 0 Å². The Morgan fingerprint density at radius 2 is 2.25 bits per heavy atom. The van der Waals surface area contributed by atoms with Gasteiger partial charge >= 0.3 is 0 Å². The maximum atomic E-state index is 9.57. The number of phenols is 2. The molecule has 0 saturated carbocycles. The number of hydrogen-bond donors (Lipinski definition) is 3. The topological polar surface area (TPSA) is 61.7 Å². The van der Waals surface area contributed by atoms with Crippen molar-refractivity contribution in [2.75, 3.05) is 19.8 Å². The van der Waals surface area contributed by atoms with E-state index < -0.39 is 0 Å². The smallest absolute Gasteiger partial charge is 0.161 e. The Kier molecular flexibility index (Phi) is 3.64. The SMILES string of the molecule is Oc1cccc(CNCC2CCOC2)c1O. The molecule has 4 nitrogen and oxygen atoms in total. The van der Waals surface area contributed by atoms with Crippen LogP contribution in [0.5, 0.6) is 11.5 Å². The quantitative estimate of drug-likeness (QED) is 0.672. The normalized spacial score (nSPS) is 20.1. The number of hydrogen-bond acceptors (Lipinski definition) is 4. The van der Waals surface area contributed by atoms with Crippen LogP contribution in [-0.4, -0.2) is 30.0 Å². The summed E-state index contributed by atoms with van der Waals surface area (Å²) in [6.07, 6.45) is 1.10. The third-order valence-corrected chi connectivity index (χ3v) is 2.87. The van der Waals surface area contributed by atoms with Crippen molar-refractivity contribution in [3.63, 3.8) is 0 Å². The maximum Gasteiger partial charge on any atom is 0.161 e. The summed E-state index contributed by atoms with van der Waals surface area (Å²) >= 11 is 0. The van der Waals surface area contributed by atoms with E-state index in [4.69, 9.17) is 4.74 Å². The van der Waals surface area contributed by atoms with Gasteiger partial charge in [0.15, 0.2) is 11.5 Å². The number of aromatic hydroxyl groups is 2. The second kappa shape index (κ2) is 5.18. The zero-order valence-corrected chi connectivity index (χ0v) is 9.15. The first-order valence-electron chi connectivity index (χ1n) is 5.55. The van der Waals surface area contributed by atoms with Crippen molar-refractivity contribution in [1.82, 2.24) is 5.32 Å². The van der Waals surface area contributed by atoms with Gasteiger partial charge in [-0.2, -0.15) is 0 Å². The van der Waals surface area contributed by atoms with E-state index in [1.807, 2.05) is 0 Å². The van der Waals surface area contributed by atoms with Crippen molar-refractivity contribution in [1.29, 1.82) is 0 Å². The van der Waals surface area contributed by atoms with Crippen LogP contribution in [0.15, 0.2) is 18.2 Å². The van der Waals surface area contributed by atoms with E-state index in [1.165, 1.54) is 6.07 Å². The standard InChI is InChI=1S/C12H17NO3/c14-11-3-1-2-10(12(11)15)7-13-6-9-4-5-16-8-9/h1-3,9,13-15H,4-8H2. The fourth-order valence-electron chi connectivity index (χ4n) is 1.88. The molecule has 0 amide bonds. The number of para-hydroxylation sites is 1. The molecule has 88 valence electrons. The molecule has 1 atom stereocenters. The number of benzene rings is 1. The van der Waals surface area contributed by atoms with Gasteiger partial charge in [0.05, 0.1) is 6.61 Å². The summed E-state index contributed by atoms with van der Waals surface area (Å²) in [6.45, 7) is 3.12. The minimum Gasteiger partial charge on any atom is -0.504 e. The first kappa shape index (κ1) is 11.2. The summed E-state index contributed by atoms with van der Waals surface area (Å²) in [6, 6.07) is 5.00.